The molecule has 2 aliphatic rings. The number of hydrogen-bond donors (Lipinski definition) is 1. The van der Waals surface area contributed by atoms with E-state index in [1.165, 1.54) is 19.1 Å². The molecule has 0 spiro atoms. The van der Waals surface area contributed by atoms with Gasteiger partial charge >= 0.3 is 12.0 Å². The van der Waals surface area contributed by atoms with Gasteiger partial charge in [-0.05, 0) is 56.9 Å². The van der Waals surface area contributed by atoms with Gasteiger partial charge in [0, 0.05) is 5.56 Å². The summed E-state index contributed by atoms with van der Waals surface area (Å²) in [5.74, 6) is -2.23. The van der Waals surface area contributed by atoms with E-state index in [4.69, 9.17) is 4.74 Å². The second kappa shape index (κ2) is 6.51. The Balaban J connectivity index is 1.60. The van der Waals surface area contributed by atoms with Crippen LogP contribution < -0.4 is 5.32 Å². The lowest BCUT2D eigenvalue weighted by atomic mass is 9.96. The number of carbonyl (C=O) groups is 4. The number of hydrogen-bond acceptors (Lipinski definition) is 5. The van der Waals surface area contributed by atoms with Gasteiger partial charge in [0.2, 0.25) is 5.78 Å². The Kier molecular flexibility index (Phi) is 4.52. The van der Waals surface area contributed by atoms with Gasteiger partial charge in [-0.15, -0.1) is 0 Å². The molecule has 1 aliphatic carbocycles. The van der Waals surface area contributed by atoms with Crippen molar-refractivity contribution in [1.82, 2.24) is 10.2 Å². The standard InChI is InChI=1S/C18H19FN2O5/c1-10(15(23)11-3-7-13(19)8-4-11)26-14(22)9-21-16(24)18(2,12-5-6-12)20-17(21)25/h3-4,7-8,10,12H,5-6,9H2,1-2H3,(H,20,25)/t10-,18+/m1/s1. The van der Waals surface area contributed by atoms with Crippen molar-refractivity contribution in [2.75, 3.05) is 6.54 Å². The van der Waals surface area contributed by atoms with Gasteiger partial charge in [0.15, 0.2) is 6.10 Å². The van der Waals surface area contributed by atoms with Crippen LogP contribution in [-0.4, -0.2) is 46.8 Å². The van der Waals surface area contributed by atoms with Crippen molar-refractivity contribution < 1.29 is 28.3 Å². The SMILES string of the molecule is C[C@@H](OC(=O)CN1C(=O)N[C@@](C)(C2CC2)C1=O)C(=O)c1ccc(F)cc1. The van der Waals surface area contributed by atoms with Crippen molar-refractivity contribution in [3.8, 4) is 0 Å². The minimum absolute atomic E-state index is 0.0824. The third-order valence-corrected chi connectivity index (χ3v) is 4.79. The molecule has 1 aliphatic heterocycles. The Morgan fingerprint density at radius 2 is 1.92 bits per heavy atom. The predicted molar refractivity (Wildman–Crippen MR) is 87.7 cm³/mol. The van der Waals surface area contributed by atoms with E-state index in [9.17, 15) is 23.6 Å². The van der Waals surface area contributed by atoms with Crippen molar-refractivity contribution in [2.45, 2.75) is 38.3 Å². The number of Topliss-reactive ketones (excluding diaryl/α,β-unsaturated/α-hetero) is 1. The maximum absolute atomic E-state index is 12.9. The quantitative estimate of drug-likeness (QED) is 0.472. The molecule has 1 aromatic rings. The van der Waals surface area contributed by atoms with Gasteiger partial charge in [-0.2, -0.15) is 0 Å². The number of nitrogens with one attached hydrogen (secondary N) is 1. The highest BCUT2D eigenvalue weighted by Crippen LogP contribution is 2.42. The zero-order chi connectivity index (χ0) is 19.1. The fourth-order valence-electron chi connectivity index (χ4n) is 3.06. The molecule has 1 N–H and O–H groups in total. The molecule has 2 atom stereocenters. The molecule has 138 valence electrons. The molecule has 1 saturated heterocycles. The van der Waals surface area contributed by atoms with Gasteiger partial charge in [0.1, 0.15) is 17.9 Å². The number of carbonyl (C=O) groups excluding carboxylic acids is 4. The maximum atomic E-state index is 12.9. The van der Waals surface area contributed by atoms with Gasteiger partial charge < -0.3 is 10.1 Å². The fraction of sp³-hybridized carbons (Fsp3) is 0.444. The summed E-state index contributed by atoms with van der Waals surface area (Å²) in [5.41, 5.74) is -0.782. The van der Waals surface area contributed by atoms with E-state index < -0.39 is 47.7 Å². The molecule has 8 heteroatoms. The van der Waals surface area contributed by atoms with Gasteiger partial charge in [0.05, 0.1) is 0 Å². The van der Waals surface area contributed by atoms with Crippen LogP contribution in [0.1, 0.15) is 37.0 Å². The van der Waals surface area contributed by atoms with Gasteiger partial charge in [0.25, 0.3) is 5.91 Å². The average Bonchev–Trinajstić information content (AvgIpc) is 3.41. The molecule has 7 nitrogen and oxygen atoms in total. The summed E-state index contributed by atoms with van der Waals surface area (Å²) in [7, 11) is 0. The highest BCUT2D eigenvalue weighted by molar-refractivity contribution is 6.09. The number of imide groups is 1. The minimum atomic E-state index is -1.12. The number of urea groups is 1. The molecule has 1 saturated carbocycles. The molecule has 26 heavy (non-hydrogen) atoms. The first-order valence-electron chi connectivity index (χ1n) is 8.35. The maximum Gasteiger partial charge on any atom is 0.326 e. The molecule has 0 unspecified atom stereocenters. The largest absolute Gasteiger partial charge is 0.453 e. The van der Waals surface area contributed by atoms with E-state index in [1.807, 2.05) is 0 Å². The van der Waals surface area contributed by atoms with E-state index in [0.29, 0.717) is 0 Å². The molecular weight excluding hydrogens is 343 g/mol. The number of amides is 3. The lowest BCUT2D eigenvalue weighted by molar-refractivity contribution is -0.150. The van der Waals surface area contributed by atoms with Gasteiger partial charge in [-0.1, -0.05) is 0 Å². The molecule has 1 aromatic carbocycles. The van der Waals surface area contributed by atoms with Crippen LogP contribution in [0.25, 0.3) is 0 Å². The second-order valence-corrected chi connectivity index (χ2v) is 6.80. The van der Waals surface area contributed by atoms with Crippen LogP contribution in [0.2, 0.25) is 0 Å². The fourth-order valence-corrected chi connectivity index (χ4v) is 3.06. The number of esters is 1. The monoisotopic (exact) mass is 362 g/mol. The third kappa shape index (κ3) is 3.31. The zero-order valence-corrected chi connectivity index (χ0v) is 14.5. The third-order valence-electron chi connectivity index (χ3n) is 4.79. The topological polar surface area (TPSA) is 92.8 Å². The van der Waals surface area contributed by atoms with Crippen LogP contribution >= 0.6 is 0 Å². The van der Waals surface area contributed by atoms with Crippen molar-refractivity contribution >= 4 is 23.7 Å². The Labute approximate surface area is 149 Å². The van der Waals surface area contributed by atoms with Crippen LogP contribution in [0.5, 0.6) is 0 Å². The predicted octanol–water partition coefficient (Wildman–Crippen LogP) is 1.66. The summed E-state index contributed by atoms with van der Waals surface area (Å²) in [4.78, 5) is 49.6. The Morgan fingerprint density at radius 1 is 1.31 bits per heavy atom. The Hall–Kier alpha value is -2.77. The van der Waals surface area contributed by atoms with Crippen molar-refractivity contribution in [3.05, 3.63) is 35.6 Å². The molecular formula is C18H19FN2O5. The summed E-state index contributed by atoms with van der Waals surface area (Å²) in [6, 6.07) is 4.21. The van der Waals surface area contributed by atoms with E-state index in [-0.39, 0.29) is 11.5 Å². The van der Waals surface area contributed by atoms with Crippen molar-refractivity contribution in [1.29, 1.82) is 0 Å². The van der Waals surface area contributed by atoms with E-state index in [0.717, 1.165) is 29.9 Å². The normalized spacial score (nSPS) is 23.6. The van der Waals surface area contributed by atoms with Crippen LogP contribution in [0, 0.1) is 11.7 Å². The number of halogens is 1. The van der Waals surface area contributed by atoms with E-state index >= 15 is 0 Å². The van der Waals surface area contributed by atoms with E-state index in [2.05, 4.69) is 5.32 Å². The minimum Gasteiger partial charge on any atom is -0.453 e. The molecule has 3 amide bonds. The molecule has 0 radical (unpaired) electrons. The Morgan fingerprint density at radius 3 is 2.50 bits per heavy atom. The average molecular weight is 362 g/mol. The number of rotatable bonds is 6. The molecule has 0 aromatic heterocycles. The summed E-state index contributed by atoms with van der Waals surface area (Å²) in [5, 5.41) is 2.63. The van der Waals surface area contributed by atoms with Gasteiger partial charge in [-0.3, -0.25) is 19.3 Å². The lowest BCUT2D eigenvalue weighted by Crippen LogP contribution is -2.46. The molecule has 2 fully saturated rings. The molecule has 1 heterocycles. The summed E-state index contributed by atoms with van der Waals surface area (Å²) in [6.07, 6.45) is 0.581. The molecule has 3 rings (SSSR count). The first kappa shape index (κ1) is 18.0. The summed E-state index contributed by atoms with van der Waals surface area (Å²) < 4.78 is 18.0. The lowest BCUT2D eigenvalue weighted by Gasteiger charge is -2.21. The van der Waals surface area contributed by atoms with Crippen LogP contribution in [0.15, 0.2) is 24.3 Å². The first-order valence-corrected chi connectivity index (χ1v) is 8.35. The van der Waals surface area contributed by atoms with Crippen molar-refractivity contribution in [3.63, 3.8) is 0 Å². The first-order chi connectivity index (χ1) is 12.2. The zero-order valence-electron chi connectivity index (χ0n) is 14.5. The number of benzene rings is 1. The number of nitrogens with zero attached hydrogens (tertiary/aromatic N) is 1. The van der Waals surface area contributed by atoms with E-state index in [1.54, 1.807) is 6.92 Å². The van der Waals surface area contributed by atoms with Crippen LogP contribution in [0.4, 0.5) is 9.18 Å². The Bertz CT molecular complexity index is 774. The highest BCUT2D eigenvalue weighted by Gasteiger charge is 2.56. The molecule has 0 bridgehead atoms. The summed E-state index contributed by atoms with van der Waals surface area (Å²) >= 11 is 0. The number of ether oxygens (including phenoxy) is 1. The van der Waals surface area contributed by atoms with Crippen LogP contribution in [0.3, 0.4) is 0 Å². The summed E-state index contributed by atoms with van der Waals surface area (Å²) in [6.45, 7) is 2.47. The van der Waals surface area contributed by atoms with Gasteiger partial charge in [-0.25, -0.2) is 9.18 Å². The van der Waals surface area contributed by atoms with Crippen LogP contribution in [-0.2, 0) is 14.3 Å². The van der Waals surface area contributed by atoms with Crippen molar-refractivity contribution in [2.24, 2.45) is 5.92 Å². The smallest absolute Gasteiger partial charge is 0.326 e. The second-order valence-electron chi connectivity index (χ2n) is 6.80. The highest BCUT2D eigenvalue weighted by atomic mass is 19.1. The number of ketones is 1.